The van der Waals surface area contributed by atoms with Crippen LogP contribution in [-0.4, -0.2) is 21.2 Å². The van der Waals surface area contributed by atoms with Crippen molar-refractivity contribution in [2.24, 2.45) is 0 Å². The molecule has 2 heterocycles. The maximum atomic E-state index is 12.2. The Labute approximate surface area is 129 Å². The molecule has 0 spiro atoms. The van der Waals surface area contributed by atoms with Gasteiger partial charge in [0.25, 0.3) is 0 Å². The first-order valence-electron chi connectivity index (χ1n) is 6.76. The lowest BCUT2D eigenvalue weighted by atomic mass is 10.2. The van der Waals surface area contributed by atoms with Crippen LogP contribution in [0.15, 0.2) is 48.5 Å². The van der Waals surface area contributed by atoms with Crippen molar-refractivity contribution in [1.82, 2.24) is 15.2 Å². The molecule has 2 aromatic heterocycles. The van der Waals surface area contributed by atoms with E-state index in [9.17, 15) is 4.79 Å². The Kier molecular flexibility index (Phi) is 3.08. The first-order valence-corrected chi connectivity index (χ1v) is 7.57. The van der Waals surface area contributed by atoms with E-state index < -0.39 is 5.97 Å². The number of carbonyl (C=O) groups is 1. The van der Waals surface area contributed by atoms with Crippen molar-refractivity contribution in [3.63, 3.8) is 0 Å². The molecule has 0 aliphatic rings. The molecule has 0 fully saturated rings. The number of fused-ring (bicyclic) bond motifs is 2. The summed E-state index contributed by atoms with van der Waals surface area (Å²) in [5.41, 5.74) is 2.04. The summed E-state index contributed by atoms with van der Waals surface area (Å²) in [6, 6.07) is 15.3. The number of carbonyl (C=O) groups excluding carboxylic acids is 1. The average Bonchev–Trinajstić information content (AvgIpc) is 3.16. The van der Waals surface area contributed by atoms with Crippen LogP contribution < -0.4 is 0 Å². The number of aromatic amines is 1. The Hall–Kier alpha value is -2.73. The fourth-order valence-electron chi connectivity index (χ4n) is 2.30. The topological polar surface area (TPSA) is 67.9 Å². The second-order valence-electron chi connectivity index (χ2n) is 4.77. The summed E-state index contributed by atoms with van der Waals surface area (Å²) in [6.07, 6.45) is 0. The Morgan fingerprint density at radius 3 is 2.86 bits per heavy atom. The summed E-state index contributed by atoms with van der Waals surface area (Å²) >= 11 is 1.52. The second kappa shape index (κ2) is 5.23. The molecule has 0 unspecified atom stereocenters. The van der Waals surface area contributed by atoms with Gasteiger partial charge in [-0.15, -0.1) is 11.3 Å². The molecular formula is C16H11N3O2S. The molecule has 108 valence electrons. The summed E-state index contributed by atoms with van der Waals surface area (Å²) in [6.45, 7) is 0.152. The van der Waals surface area contributed by atoms with Crippen LogP contribution in [0.1, 0.15) is 15.5 Å². The molecule has 0 atom stereocenters. The number of H-pyrrole nitrogens is 1. The molecule has 0 aliphatic carbocycles. The summed E-state index contributed by atoms with van der Waals surface area (Å²) in [5, 5.41) is 8.39. The number of esters is 1. The van der Waals surface area contributed by atoms with Gasteiger partial charge in [-0.2, -0.15) is 5.10 Å². The molecule has 6 heteroatoms. The van der Waals surface area contributed by atoms with E-state index in [1.165, 1.54) is 11.3 Å². The lowest BCUT2D eigenvalue weighted by Crippen LogP contribution is -2.06. The van der Waals surface area contributed by atoms with Gasteiger partial charge in [-0.25, -0.2) is 9.78 Å². The molecular weight excluding hydrogens is 298 g/mol. The zero-order valence-corrected chi connectivity index (χ0v) is 12.3. The highest BCUT2D eigenvalue weighted by molar-refractivity contribution is 7.18. The lowest BCUT2D eigenvalue weighted by Gasteiger charge is -2.00. The van der Waals surface area contributed by atoms with Crippen molar-refractivity contribution in [2.45, 2.75) is 6.61 Å². The van der Waals surface area contributed by atoms with Crippen LogP contribution in [0, 0.1) is 0 Å². The number of para-hydroxylation sites is 2. The maximum absolute atomic E-state index is 12.2. The van der Waals surface area contributed by atoms with E-state index in [-0.39, 0.29) is 6.61 Å². The number of nitrogens with one attached hydrogen (secondary N) is 1. The fraction of sp³-hybridized carbons (Fsp3) is 0.0625. The van der Waals surface area contributed by atoms with Gasteiger partial charge in [-0.05, 0) is 18.2 Å². The van der Waals surface area contributed by atoms with E-state index in [4.69, 9.17) is 4.74 Å². The third-order valence-corrected chi connectivity index (χ3v) is 4.34. The second-order valence-corrected chi connectivity index (χ2v) is 5.88. The molecule has 5 nitrogen and oxygen atoms in total. The third kappa shape index (κ3) is 2.23. The van der Waals surface area contributed by atoms with Gasteiger partial charge < -0.3 is 4.74 Å². The van der Waals surface area contributed by atoms with Crippen LogP contribution in [0.5, 0.6) is 0 Å². The summed E-state index contributed by atoms with van der Waals surface area (Å²) < 4.78 is 6.42. The Morgan fingerprint density at radius 2 is 1.95 bits per heavy atom. The molecule has 0 saturated heterocycles. The van der Waals surface area contributed by atoms with E-state index in [0.717, 1.165) is 26.1 Å². The first kappa shape index (κ1) is 13.0. The van der Waals surface area contributed by atoms with Crippen molar-refractivity contribution >= 4 is 38.4 Å². The SMILES string of the molecule is O=C(OCc1nc2ccccc2s1)c1n[nH]c2ccccc12. The van der Waals surface area contributed by atoms with Crippen LogP contribution in [0.25, 0.3) is 21.1 Å². The van der Waals surface area contributed by atoms with Crippen LogP contribution in [0.4, 0.5) is 0 Å². The molecule has 0 amide bonds. The molecule has 0 saturated carbocycles. The van der Waals surface area contributed by atoms with Crippen LogP contribution in [-0.2, 0) is 11.3 Å². The summed E-state index contributed by atoms with van der Waals surface area (Å²) in [5.74, 6) is -0.447. The Morgan fingerprint density at radius 1 is 1.14 bits per heavy atom. The molecule has 0 aliphatic heterocycles. The number of hydrogen-bond donors (Lipinski definition) is 1. The highest BCUT2D eigenvalue weighted by Crippen LogP contribution is 2.22. The van der Waals surface area contributed by atoms with Gasteiger partial charge in [0.05, 0.1) is 15.7 Å². The summed E-state index contributed by atoms with van der Waals surface area (Å²) in [4.78, 5) is 16.6. The number of rotatable bonds is 3. The predicted molar refractivity (Wildman–Crippen MR) is 84.8 cm³/mol. The smallest absolute Gasteiger partial charge is 0.359 e. The van der Waals surface area contributed by atoms with Gasteiger partial charge >= 0.3 is 5.97 Å². The number of thiazole rings is 1. The van der Waals surface area contributed by atoms with Crippen molar-refractivity contribution in [3.05, 3.63) is 59.2 Å². The molecule has 22 heavy (non-hydrogen) atoms. The van der Waals surface area contributed by atoms with Gasteiger partial charge in [0.15, 0.2) is 5.69 Å². The zero-order valence-electron chi connectivity index (χ0n) is 11.4. The fourth-order valence-corrected chi connectivity index (χ4v) is 3.18. The van der Waals surface area contributed by atoms with Crippen molar-refractivity contribution in [1.29, 1.82) is 0 Å². The normalized spacial score (nSPS) is 11.1. The monoisotopic (exact) mass is 309 g/mol. The van der Waals surface area contributed by atoms with Crippen LogP contribution in [0.2, 0.25) is 0 Å². The molecule has 4 aromatic rings. The number of nitrogens with zero attached hydrogens (tertiary/aromatic N) is 2. The summed E-state index contributed by atoms with van der Waals surface area (Å²) in [7, 11) is 0. The van der Waals surface area contributed by atoms with E-state index >= 15 is 0 Å². The Balaban J connectivity index is 1.54. The number of benzene rings is 2. The van der Waals surface area contributed by atoms with Crippen LogP contribution >= 0.6 is 11.3 Å². The van der Waals surface area contributed by atoms with E-state index in [2.05, 4.69) is 15.2 Å². The van der Waals surface area contributed by atoms with Crippen LogP contribution in [0.3, 0.4) is 0 Å². The molecule has 0 radical (unpaired) electrons. The predicted octanol–water partition coefficient (Wildman–Crippen LogP) is 3.53. The standard InChI is InChI=1S/C16H11N3O2S/c20-16(15-10-5-1-2-6-11(10)18-19-15)21-9-14-17-12-7-3-4-8-13(12)22-14/h1-8H,9H2,(H,18,19). The number of hydrogen-bond acceptors (Lipinski definition) is 5. The largest absolute Gasteiger partial charge is 0.453 e. The van der Waals surface area contributed by atoms with E-state index in [0.29, 0.717) is 5.69 Å². The lowest BCUT2D eigenvalue weighted by molar-refractivity contribution is 0.0468. The Bertz CT molecular complexity index is 941. The van der Waals surface area contributed by atoms with Gasteiger partial charge in [-0.1, -0.05) is 30.3 Å². The quantitative estimate of drug-likeness (QED) is 0.588. The molecule has 4 rings (SSSR count). The third-order valence-electron chi connectivity index (χ3n) is 3.33. The van der Waals surface area contributed by atoms with Gasteiger partial charge in [0, 0.05) is 5.39 Å². The van der Waals surface area contributed by atoms with E-state index in [1.54, 1.807) is 0 Å². The number of aromatic nitrogens is 3. The minimum atomic E-state index is -0.447. The average molecular weight is 309 g/mol. The van der Waals surface area contributed by atoms with Crippen molar-refractivity contribution < 1.29 is 9.53 Å². The van der Waals surface area contributed by atoms with Gasteiger partial charge in [-0.3, -0.25) is 5.10 Å². The zero-order chi connectivity index (χ0) is 14.9. The van der Waals surface area contributed by atoms with Gasteiger partial charge in [0.2, 0.25) is 0 Å². The first-order chi connectivity index (χ1) is 10.8. The maximum Gasteiger partial charge on any atom is 0.359 e. The van der Waals surface area contributed by atoms with E-state index in [1.807, 2.05) is 48.5 Å². The van der Waals surface area contributed by atoms with Crippen molar-refractivity contribution in [3.8, 4) is 0 Å². The van der Waals surface area contributed by atoms with Gasteiger partial charge in [0.1, 0.15) is 11.6 Å². The minimum Gasteiger partial charge on any atom is -0.453 e. The molecule has 1 N–H and O–H groups in total. The highest BCUT2D eigenvalue weighted by Gasteiger charge is 2.16. The molecule has 2 aromatic carbocycles. The molecule has 0 bridgehead atoms. The minimum absolute atomic E-state index is 0.152. The highest BCUT2D eigenvalue weighted by atomic mass is 32.1. The number of ether oxygens (including phenoxy) is 1. The van der Waals surface area contributed by atoms with Crippen molar-refractivity contribution in [2.75, 3.05) is 0 Å².